The van der Waals surface area contributed by atoms with Crippen molar-refractivity contribution < 1.29 is 9.18 Å². The molecule has 3 aromatic rings. The normalized spacial score (nSPS) is 18.3. The molecule has 0 bridgehead atoms. The quantitative estimate of drug-likeness (QED) is 0.560. The number of aryl methyl sites for hydroxylation is 2. The van der Waals surface area contributed by atoms with Crippen LogP contribution in [0.5, 0.6) is 0 Å². The molecule has 4 rings (SSSR count). The van der Waals surface area contributed by atoms with Crippen LogP contribution in [0.1, 0.15) is 42.1 Å². The van der Waals surface area contributed by atoms with Gasteiger partial charge >= 0.3 is 0 Å². The van der Waals surface area contributed by atoms with Crippen LogP contribution in [0.25, 0.3) is 11.8 Å². The van der Waals surface area contributed by atoms with Crippen LogP contribution in [-0.4, -0.2) is 26.4 Å². The van der Waals surface area contributed by atoms with Crippen molar-refractivity contribution in [3.8, 4) is 5.69 Å². The molecule has 154 valence electrons. The lowest BCUT2D eigenvalue weighted by Gasteiger charge is -2.35. The number of carbonyl (C=O) groups excluding carboxylic acids is 1. The maximum atomic E-state index is 13.2. The highest BCUT2D eigenvalue weighted by Gasteiger charge is 2.28. The molecule has 1 aliphatic heterocycles. The number of nitrogens with zero attached hydrogens (tertiary/aromatic N) is 3. The molecule has 0 spiro atoms. The van der Waals surface area contributed by atoms with Gasteiger partial charge < -0.3 is 9.47 Å². The van der Waals surface area contributed by atoms with Gasteiger partial charge in [-0.25, -0.2) is 9.37 Å². The number of likely N-dealkylation sites (tertiary alicyclic amines) is 1. The molecule has 5 heteroatoms. The van der Waals surface area contributed by atoms with Gasteiger partial charge in [0.15, 0.2) is 0 Å². The summed E-state index contributed by atoms with van der Waals surface area (Å²) in [5.74, 6) is -0.202. The summed E-state index contributed by atoms with van der Waals surface area (Å²) >= 11 is 0. The van der Waals surface area contributed by atoms with E-state index in [1.165, 1.54) is 12.1 Å². The largest absolute Gasteiger partial charge is 0.332 e. The lowest BCUT2D eigenvalue weighted by Crippen LogP contribution is -2.42. The molecule has 1 atom stereocenters. The summed E-state index contributed by atoms with van der Waals surface area (Å²) in [5, 5.41) is 0. The Morgan fingerprint density at radius 3 is 2.60 bits per heavy atom. The topological polar surface area (TPSA) is 38.1 Å². The molecule has 4 nitrogen and oxygen atoms in total. The van der Waals surface area contributed by atoms with Crippen molar-refractivity contribution in [2.45, 2.75) is 46.2 Å². The van der Waals surface area contributed by atoms with Crippen molar-refractivity contribution >= 4 is 12.0 Å². The van der Waals surface area contributed by atoms with E-state index in [4.69, 9.17) is 0 Å². The average molecular weight is 404 g/mol. The second-order valence-electron chi connectivity index (χ2n) is 8.09. The maximum absolute atomic E-state index is 13.2. The van der Waals surface area contributed by atoms with Gasteiger partial charge in [-0.15, -0.1) is 0 Å². The van der Waals surface area contributed by atoms with Crippen molar-refractivity contribution in [3.05, 3.63) is 88.8 Å². The van der Waals surface area contributed by atoms with Crippen LogP contribution in [0.3, 0.4) is 0 Å². The van der Waals surface area contributed by atoms with Crippen LogP contribution in [0, 0.1) is 19.7 Å². The Balaban J connectivity index is 1.56. The fraction of sp³-hybridized carbons (Fsp3) is 0.280. The van der Waals surface area contributed by atoms with Crippen molar-refractivity contribution in [3.63, 3.8) is 0 Å². The lowest BCUT2D eigenvalue weighted by atomic mass is 9.95. The summed E-state index contributed by atoms with van der Waals surface area (Å²) in [6, 6.07) is 12.7. The number of benzene rings is 2. The van der Waals surface area contributed by atoms with Gasteiger partial charge in [-0.1, -0.05) is 18.2 Å². The number of halogens is 1. The molecular formula is C25H26FN3O. The Morgan fingerprint density at radius 2 is 1.93 bits per heavy atom. The molecule has 1 fully saturated rings. The van der Waals surface area contributed by atoms with Crippen LogP contribution in [0.2, 0.25) is 0 Å². The van der Waals surface area contributed by atoms with Gasteiger partial charge in [0.25, 0.3) is 0 Å². The number of amides is 1. The zero-order valence-electron chi connectivity index (χ0n) is 17.6. The third-order valence-electron chi connectivity index (χ3n) is 5.72. The molecule has 2 heterocycles. The number of hydrogen-bond acceptors (Lipinski definition) is 2. The fourth-order valence-electron chi connectivity index (χ4n) is 3.97. The lowest BCUT2D eigenvalue weighted by molar-refractivity contribution is -0.131. The molecule has 0 radical (unpaired) electrons. The first kappa shape index (κ1) is 20.1. The van der Waals surface area contributed by atoms with Gasteiger partial charge in [0.05, 0.1) is 12.0 Å². The van der Waals surface area contributed by atoms with E-state index in [-0.39, 0.29) is 17.8 Å². The fourth-order valence-corrected chi connectivity index (χ4v) is 3.97. The third-order valence-corrected chi connectivity index (χ3v) is 5.72. The number of piperidine rings is 1. The summed E-state index contributed by atoms with van der Waals surface area (Å²) in [4.78, 5) is 19.3. The van der Waals surface area contributed by atoms with Crippen molar-refractivity contribution in [1.29, 1.82) is 0 Å². The SMILES string of the molecule is Cc1cn(-c2ccc(/C=C3\CC[C@H](C)N(Cc4ccc(F)cc4)C3=O)cc2C)cn1. The summed E-state index contributed by atoms with van der Waals surface area (Å²) in [6.07, 6.45) is 7.50. The number of rotatable bonds is 4. The standard InChI is InChI=1S/C25H26FN3O/c1-17-12-21(7-11-24(17)28-14-18(2)27-16-28)13-22-8-4-19(3)29(25(22)30)15-20-5-9-23(26)10-6-20/h5-7,9-14,16,19H,4,8,15H2,1-3H3/b22-13+/t19-/m0/s1. The minimum Gasteiger partial charge on any atom is -0.332 e. The van der Waals surface area contributed by atoms with Crippen LogP contribution >= 0.6 is 0 Å². The first-order valence-electron chi connectivity index (χ1n) is 10.3. The Labute approximate surface area is 176 Å². The van der Waals surface area contributed by atoms with Crippen LogP contribution in [-0.2, 0) is 11.3 Å². The monoisotopic (exact) mass is 403 g/mol. The van der Waals surface area contributed by atoms with Crippen molar-refractivity contribution in [1.82, 2.24) is 14.5 Å². The van der Waals surface area contributed by atoms with Crippen molar-refractivity contribution in [2.24, 2.45) is 0 Å². The molecule has 30 heavy (non-hydrogen) atoms. The number of hydrogen-bond donors (Lipinski definition) is 0. The summed E-state index contributed by atoms with van der Waals surface area (Å²) in [6.45, 7) is 6.61. The third kappa shape index (κ3) is 4.20. The molecule has 1 aliphatic rings. The Bertz CT molecular complexity index is 1100. The van der Waals surface area contributed by atoms with E-state index in [0.29, 0.717) is 6.54 Å². The molecule has 0 aliphatic carbocycles. The van der Waals surface area contributed by atoms with E-state index in [2.05, 4.69) is 31.0 Å². The maximum Gasteiger partial charge on any atom is 0.250 e. The van der Waals surface area contributed by atoms with E-state index >= 15 is 0 Å². The number of imidazole rings is 1. The second kappa shape index (κ2) is 8.27. The molecule has 2 aromatic carbocycles. The van der Waals surface area contributed by atoms with E-state index in [9.17, 15) is 9.18 Å². The predicted octanol–water partition coefficient (Wildman–Crippen LogP) is 5.22. The minimum atomic E-state index is -0.262. The molecule has 0 N–H and O–H groups in total. The molecule has 1 amide bonds. The highest BCUT2D eigenvalue weighted by molar-refractivity contribution is 5.98. The minimum absolute atomic E-state index is 0.0602. The van der Waals surface area contributed by atoms with Gasteiger partial charge in [-0.2, -0.15) is 0 Å². The smallest absolute Gasteiger partial charge is 0.250 e. The van der Waals surface area contributed by atoms with E-state index in [1.807, 2.05) is 41.1 Å². The first-order chi connectivity index (χ1) is 14.4. The summed E-state index contributed by atoms with van der Waals surface area (Å²) in [7, 11) is 0. The second-order valence-corrected chi connectivity index (χ2v) is 8.09. The Morgan fingerprint density at radius 1 is 1.17 bits per heavy atom. The molecule has 0 saturated carbocycles. The first-order valence-corrected chi connectivity index (χ1v) is 10.3. The molecular weight excluding hydrogens is 377 g/mol. The predicted molar refractivity (Wildman–Crippen MR) is 117 cm³/mol. The van der Waals surface area contributed by atoms with Gasteiger partial charge in [0.2, 0.25) is 5.91 Å². The zero-order valence-corrected chi connectivity index (χ0v) is 17.6. The van der Waals surface area contributed by atoms with Gasteiger partial charge in [-0.05, 0) is 80.6 Å². The van der Waals surface area contributed by atoms with Crippen molar-refractivity contribution in [2.75, 3.05) is 0 Å². The average Bonchev–Trinajstić information content (AvgIpc) is 3.15. The number of carbonyl (C=O) groups is 1. The van der Waals surface area contributed by atoms with Crippen LogP contribution < -0.4 is 0 Å². The van der Waals surface area contributed by atoms with Gasteiger partial charge in [-0.3, -0.25) is 4.79 Å². The van der Waals surface area contributed by atoms with Gasteiger partial charge in [0.1, 0.15) is 5.82 Å². The molecule has 1 saturated heterocycles. The van der Waals surface area contributed by atoms with E-state index in [1.54, 1.807) is 12.1 Å². The highest BCUT2D eigenvalue weighted by Crippen LogP contribution is 2.27. The summed E-state index contributed by atoms with van der Waals surface area (Å²) < 4.78 is 15.2. The zero-order chi connectivity index (χ0) is 21.3. The van der Waals surface area contributed by atoms with Gasteiger partial charge in [0, 0.05) is 30.0 Å². The highest BCUT2D eigenvalue weighted by atomic mass is 19.1. The summed E-state index contributed by atoms with van der Waals surface area (Å²) in [5.41, 5.74) is 5.96. The molecule has 0 unspecified atom stereocenters. The number of aromatic nitrogens is 2. The van der Waals surface area contributed by atoms with E-state index in [0.717, 1.165) is 46.5 Å². The van der Waals surface area contributed by atoms with Crippen LogP contribution in [0.4, 0.5) is 4.39 Å². The van der Waals surface area contributed by atoms with E-state index < -0.39 is 0 Å². The Hall–Kier alpha value is -3.21. The Kier molecular flexibility index (Phi) is 5.53. The molecule has 1 aromatic heterocycles. The van der Waals surface area contributed by atoms with Crippen LogP contribution in [0.15, 0.2) is 60.6 Å².